The molecule has 1 aromatic heterocycles. The van der Waals surface area contributed by atoms with Crippen LogP contribution in [0.5, 0.6) is 11.6 Å². The van der Waals surface area contributed by atoms with Crippen molar-refractivity contribution in [3.63, 3.8) is 0 Å². The third kappa shape index (κ3) is 3.20. The second-order valence-corrected chi connectivity index (χ2v) is 6.68. The van der Waals surface area contributed by atoms with Crippen molar-refractivity contribution < 1.29 is 19.4 Å². The van der Waals surface area contributed by atoms with Gasteiger partial charge in [-0.15, -0.1) is 0 Å². The number of nitrogens with zero attached hydrogens (tertiary/aromatic N) is 2. The minimum atomic E-state index is -0.581. The number of rotatable bonds is 4. The van der Waals surface area contributed by atoms with Crippen molar-refractivity contribution in [2.75, 3.05) is 6.61 Å². The Morgan fingerprint density at radius 3 is 2.69 bits per heavy atom. The summed E-state index contributed by atoms with van der Waals surface area (Å²) in [6.07, 6.45) is 0. The number of phenolic OH excluding ortho intramolecular Hbond substituents is 1. The summed E-state index contributed by atoms with van der Waals surface area (Å²) in [4.78, 5) is 12.7. The van der Waals surface area contributed by atoms with Crippen molar-refractivity contribution in [2.45, 2.75) is 19.8 Å². The fraction of sp³-hybridized carbons (Fsp3) is 0.182. The van der Waals surface area contributed by atoms with Crippen LogP contribution in [0.25, 0.3) is 5.69 Å². The van der Waals surface area contributed by atoms with Crippen LogP contribution in [0, 0.1) is 6.92 Å². The van der Waals surface area contributed by atoms with Gasteiger partial charge in [0, 0.05) is 0 Å². The molecule has 0 aliphatic carbocycles. The number of carbonyl (C=O) groups excluding carboxylic acids is 1. The summed E-state index contributed by atoms with van der Waals surface area (Å²) in [5.74, 6) is -0.655. The van der Waals surface area contributed by atoms with Crippen LogP contribution in [0.15, 0.2) is 66.1 Å². The molecule has 0 saturated heterocycles. The Balaban J connectivity index is 1.95. The molecule has 1 aliphatic rings. The van der Waals surface area contributed by atoms with E-state index in [-0.39, 0.29) is 23.8 Å². The van der Waals surface area contributed by atoms with E-state index in [1.54, 1.807) is 29.8 Å². The van der Waals surface area contributed by atoms with Crippen LogP contribution in [0.4, 0.5) is 0 Å². The van der Waals surface area contributed by atoms with E-state index in [1.165, 1.54) is 0 Å². The van der Waals surface area contributed by atoms with Crippen LogP contribution in [-0.4, -0.2) is 27.5 Å². The summed E-state index contributed by atoms with van der Waals surface area (Å²) in [5.41, 5.74) is 9.28. The van der Waals surface area contributed by atoms with Crippen LogP contribution in [0.1, 0.15) is 29.7 Å². The molecule has 0 amide bonds. The number of aryl methyl sites for hydroxylation is 1. The van der Waals surface area contributed by atoms with E-state index in [1.807, 2.05) is 43.3 Å². The number of hydrogen-bond donors (Lipinski definition) is 2. The van der Waals surface area contributed by atoms with Gasteiger partial charge in [-0.05, 0) is 43.7 Å². The Bertz CT molecular complexity index is 1100. The molecular formula is C22H21N3O4. The third-order valence-corrected chi connectivity index (χ3v) is 4.81. The molecule has 29 heavy (non-hydrogen) atoms. The average Bonchev–Trinajstić information content (AvgIpc) is 3.03. The zero-order valence-corrected chi connectivity index (χ0v) is 16.1. The molecule has 7 nitrogen and oxygen atoms in total. The van der Waals surface area contributed by atoms with E-state index >= 15 is 0 Å². The molecule has 0 spiro atoms. The predicted molar refractivity (Wildman–Crippen MR) is 107 cm³/mol. The summed E-state index contributed by atoms with van der Waals surface area (Å²) in [5, 5.41) is 14.7. The lowest BCUT2D eigenvalue weighted by Crippen LogP contribution is -2.28. The van der Waals surface area contributed by atoms with Gasteiger partial charge in [-0.3, -0.25) is 0 Å². The summed E-state index contributed by atoms with van der Waals surface area (Å²) in [6.45, 7) is 3.78. The Morgan fingerprint density at radius 1 is 1.24 bits per heavy atom. The standard InChI is InChI=1S/C22H21N3O4/c1-3-28-22(27)19-18(14-8-7-11-16(26)12-14)17-13(2)24-25(21(17)29-20(19)23)15-9-5-4-6-10-15/h4-12,18,26H,3,23H2,1-2H3. The maximum Gasteiger partial charge on any atom is 0.340 e. The van der Waals surface area contributed by atoms with Gasteiger partial charge in [-0.1, -0.05) is 30.3 Å². The molecule has 4 rings (SSSR count). The van der Waals surface area contributed by atoms with Crippen molar-refractivity contribution in [2.24, 2.45) is 5.73 Å². The Morgan fingerprint density at radius 2 is 2.00 bits per heavy atom. The van der Waals surface area contributed by atoms with Gasteiger partial charge in [0.2, 0.25) is 11.8 Å². The SMILES string of the molecule is CCOC(=O)C1=C(N)Oc2c(c(C)nn2-c2ccccc2)C1c1cccc(O)c1. The maximum atomic E-state index is 12.7. The Hall–Kier alpha value is -3.74. The lowest BCUT2D eigenvalue weighted by Gasteiger charge is -2.27. The molecule has 1 aliphatic heterocycles. The van der Waals surface area contributed by atoms with Gasteiger partial charge in [0.25, 0.3) is 0 Å². The van der Waals surface area contributed by atoms with E-state index in [0.29, 0.717) is 22.7 Å². The third-order valence-electron chi connectivity index (χ3n) is 4.81. The molecule has 0 bridgehead atoms. The van der Waals surface area contributed by atoms with Crippen molar-refractivity contribution in [1.82, 2.24) is 9.78 Å². The van der Waals surface area contributed by atoms with Gasteiger partial charge in [0.05, 0.1) is 29.5 Å². The van der Waals surface area contributed by atoms with Crippen LogP contribution in [0.2, 0.25) is 0 Å². The predicted octanol–water partition coefficient (Wildman–Crippen LogP) is 3.14. The highest BCUT2D eigenvalue weighted by molar-refractivity contribution is 5.92. The lowest BCUT2D eigenvalue weighted by atomic mass is 9.83. The molecule has 7 heteroatoms. The van der Waals surface area contributed by atoms with Gasteiger partial charge in [0.1, 0.15) is 11.3 Å². The number of nitrogens with two attached hydrogens (primary N) is 1. The van der Waals surface area contributed by atoms with Gasteiger partial charge in [-0.25, -0.2) is 9.48 Å². The minimum Gasteiger partial charge on any atom is -0.508 e. The highest BCUT2D eigenvalue weighted by Gasteiger charge is 2.39. The van der Waals surface area contributed by atoms with E-state index in [4.69, 9.17) is 15.2 Å². The minimum absolute atomic E-state index is 0.0404. The molecular weight excluding hydrogens is 370 g/mol. The van der Waals surface area contributed by atoms with E-state index in [2.05, 4.69) is 5.10 Å². The van der Waals surface area contributed by atoms with Crippen LogP contribution < -0.4 is 10.5 Å². The molecule has 2 aromatic carbocycles. The number of esters is 1. The first-order valence-corrected chi connectivity index (χ1v) is 9.29. The molecule has 2 heterocycles. The monoisotopic (exact) mass is 391 g/mol. The normalized spacial score (nSPS) is 15.6. The van der Waals surface area contributed by atoms with E-state index in [0.717, 1.165) is 5.69 Å². The van der Waals surface area contributed by atoms with Crippen LogP contribution >= 0.6 is 0 Å². The lowest BCUT2D eigenvalue weighted by molar-refractivity contribution is -0.139. The number of hydrogen-bond acceptors (Lipinski definition) is 6. The first-order chi connectivity index (χ1) is 14.0. The number of carbonyl (C=O) groups is 1. The molecule has 1 atom stereocenters. The van der Waals surface area contributed by atoms with Crippen molar-refractivity contribution in [3.8, 4) is 17.3 Å². The quantitative estimate of drug-likeness (QED) is 0.663. The molecule has 0 fully saturated rings. The molecule has 148 valence electrons. The zero-order valence-electron chi connectivity index (χ0n) is 16.1. The summed E-state index contributed by atoms with van der Waals surface area (Å²) >= 11 is 0. The number of aromatic nitrogens is 2. The average molecular weight is 391 g/mol. The largest absolute Gasteiger partial charge is 0.508 e. The fourth-order valence-corrected chi connectivity index (χ4v) is 3.60. The smallest absolute Gasteiger partial charge is 0.340 e. The molecule has 3 N–H and O–H groups in total. The highest BCUT2D eigenvalue weighted by Crippen LogP contribution is 2.45. The van der Waals surface area contributed by atoms with Gasteiger partial charge >= 0.3 is 5.97 Å². The van der Waals surface area contributed by atoms with Gasteiger partial charge < -0.3 is 20.3 Å². The second kappa shape index (κ2) is 7.35. The summed E-state index contributed by atoms with van der Waals surface area (Å²) in [7, 11) is 0. The van der Waals surface area contributed by atoms with E-state index < -0.39 is 11.9 Å². The first-order valence-electron chi connectivity index (χ1n) is 9.29. The molecule has 1 unspecified atom stereocenters. The zero-order chi connectivity index (χ0) is 20.5. The summed E-state index contributed by atoms with van der Waals surface area (Å²) < 4.78 is 12.8. The van der Waals surface area contributed by atoms with Gasteiger partial charge in [-0.2, -0.15) is 5.10 Å². The fourth-order valence-electron chi connectivity index (χ4n) is 3.60. The number of phenols is 1. The number of aromatic hydroxyl groups is 1. The van der Waals surface area contributed by atoms with Gasteiger partial charge in [0.15, 0.2) is 0 Å². The molecule has 0 saturated carbocycles. The maximum absolute atomic E-state index is 12.7. The topological polar surface area (TPSA) is 99.6 Å². The highest BCUT2D eigenvalue weighted by atomic mass is 16.5. The van der Waals surface area contributed by atoms with Crippen molar-refractivity contribution >= 4 is 5.97 Å². The van der Waals surface area contributed by atoms with Crippen LogP contribution in [0.3, 0.4) is 0 Å². The van der Waals surface area contributed by atoms with Crippen LogP contribution in [-0.2, 0) is 9.53 Å². The number of benzene rings is 2. The van der Waals surface area contributed by atoms with E-state index in [9.17, 15) is 9.90 Å². The Labute approximate surface area is 168 Å². The first kappa shape index (κ1) is 18.6. The van der Waals surface area contributed by atoms with Crippen molar-refractivity contribution in [1.29, 1.82) is 0 Å². The summed E-state index contributed by atoms with van der Waals surface area (Å²) in [6, 6.07) is 16.2. The molecule has 3 aromatic rings. The van der Waals surface area contributed by atoms with Crippen molar-refractivity contribution in [3.05, 3.63) is 82.9 Å². The Kier molecular flexibility index (Phi) is 4.72. The number of para-hydroxylation sites is 1. The number of fused-ring (bicyclic) bond motifs is 1. The number of ether oxygens (including phenoxy) is 2. The second-order valence-electron chi connectivity index (χ2n) is 6.68. The molecule has 0 radical (unpaired) electrons.